The summed E-state index contributed by atoms with van der Waals surface area (Å²) in [5.74, 6) is 1.50. The minimum Gasteiger partial charge on any atom is -0.382 e. The molecule has 3 nitrogen and oxygen atoms in total. The van der Waals surface area contributed by atoms with Gasteiger partial charge in [-0.25, -0.2) is 0 Å². The van der Waals surface area contributed by atoms with Crippen LogP contribution in [0.2, 0.25) is 0 Å². The Morgan fingerprint density at radius 3 is 2.65 bits per heavy atom. The Labute approximate surface area is 122 Å². The highest BCUT2D eigenvalue weighted by Gasteiger charge is 2.25. The van der Waals surface area contributed by atoms with Crippen molar-refractivity contribution >= 4 is 11.6 Å². The number of amides is 1. The van der Waals surface area contributed by atoms with E-state index in [0.717, 1.165) is 22.7 Å². The second-order valence-electron chi connectivity index (χ2n) is 6.20. The lowest BCUT2D eigenvalue weighted by molar-refractivity contribution is 0.0962. The van der Waals surface area contributed by atoms with Gasteiger partial charge in [0.15, 0.2) is 0 Å². The minimum atomic E-state index is -0.0172. The molecule has 110 valence electrons. The van der Waals surface area contributed by atoms with E-state index in [1.807, 2.05) is 19.1 Å². The Morgan fingerprint density at radius 1 is 1.25 bits per heavy atom. The van der Waals surface area contributed by atoms with Gasteiger partial charge in [0, 0.05) is 24.3 Å². The first-order valence-corrected chi connectivity index (χ1v) is 7.61. The molecule has 1 fully saturated rings. The molecule has 0 bridgehead atoms. The third-order valence-corrected chi connectivity index (χ3v) is 4.58. The summed E-state index contributed by atoms with van der Waals surface area (Å²) >= 11 is 0. The summed E-state index contributed by atoms with van der Waals surface area (Å²) in [7, 11) is 1.67. The second-order valence-corrected chi connectivity index (χ2v) is 6.20. The molecular weight excluding hydrogens is 248 g/mol. The number of rotatable bonds is 3. The van der Waals surface area contributed by atoms with Crippen molar-refractivity contribution in [2.24, 2.45) is 11.8 Å². The molecule has 1 amide bonds. The first-order valence-electron chi connectivity index (χ1n) is 7.61. The second kappa shape index (κ2) is 6.29. The first-order chi connectivity index (χ1) is 9.52. The normalized spacial score (nSPS) is 26.1. The van der Waals surface area contributed by atoms with Gasteiger partial charge >= 0.3 is 0 Å². The van der Waals surface area contributed by atoms with Crippen molar-refractivity contribution in [2.45, 2.75) is 46.1 Å². The van der Waals surface area contributed by atoms with Gasteiger partial charge in [-0.3, -0.25) is 4.79 Å². The highest BCUT2D eigenvalue weighted by molar-refractivity contribution is 5.96. The van der Waals surface area contributed by atoms with Gasteiger partial charge in [0.25, 0.3) is 5.91 Å². The molecule has 0 aliphatic heterocycles. The van der Waals surface area contributed by atoms with Gasteiger partial charge in [-0.1, -0.05) is 19.9 Å². The summed E-state index contributed by atoms with van der Waals surface area (Å²) in [4.78, 5) is 11.8. The van der Waals surface area contributed by atoms with E-state index in [1.165, 1.54) is 19.3 Å². The Morgan fingerprint density at radius 2 is 2.00 bits per heavy atom. The molecule has 2 N–H and O–H groups in total. The van der Waals surface area contributed by atoms with Gasteiger partial charge in [0.2, 0.25) is 0 Å². The average molecular weight is 274 g/mol. The van der Waals surface area contributed by atoms with E-state index < -0.39 is 0 Å². The van der Waals surface area contributed by atoms with Crippen molar-refractivity contribution in [1.29, 1.82) is 0 Å². The Hall–Kier alpha value is -1.51. The van der Waals surface area contributed by atoms with Crippen LogP contribution in [0.15, 0.2) is 18.2 Å². The lowest BCUT2D eigenvalue weighted by atomic mass is 9.79. The molecule has 1 saturated carbocycles. The van der Waals surface area contributed by atoms with Gasteiger partial charge in [0.1, 0.15) is 0 Å². The average Bonchev–Trinajstić information content (AvgIpc) is 2.43. The largest absolute Gasteiger partial charge is 0.382 e. The van der Waals surface area contributed by atoms with Crippen molar-refractivity contribution in [3.63, 3.8) is 0 Å². The summed E-state index contributed by atoms with van der Waals surface area (Å²) in [5, 5.41) is 6.36. The fraction of sp³-hybridized carbons (Fsp3) is 0.588. The molecule has 1 aromatic carbocycles. The molecule has 0 aromatic heterocycles. The standard InChI is InChI=1S/C17H26N2O/c1-11-8-9-15(12(2)10-11)19-16-7-5-6-14(13(16)3)17(20)18-4/h5-7,11-12,15,19H,8-10H2,1-4H3,(H,18,20). The molecule has 3 atom stereocenters. The summed E-state index contributed by atoms with van der Waals surface area (Å²) in [6, 6.07) is 6.43. The number of anilines is 1. The van der Waals surface area contributed by atoms with E-state index in [1.54, 1.807) is 7.05 Å². The van der Waals surface area contributed by atoms with Crippen LogP contribution in [-0.2, 0) is 0 Å². The Kier molecular flexibility index (Phi) is 4.69. The molecule has 3 heteroatoms. The molecule has 20 heavy (non-hydrogen) atoms. The van der Waals surface area contributed by atoms with Crippen LogP contribution >= 0.6 is 0 Å². The molecule has 3 unspecified atom stereocenters. The van der Waals surface area contributed by atoms with E-state index in [2.05, 4.69) is 30.5 Å². The van der Waals surface area contributed by atoms with Crippen molar-refractivity contribution in [3.8, 4) is 0 Å². The fourth-order valence-electron chi connectivity index (χ4n) is 3.25. The zero-order chi connectivity index (χ0) is 14.7. The molecule has 1 aromatic rings. The zero-order valence-corrected chi connectivity index (χ0v) is 13.0. The van der Waals surface area contributed by atoms with Crippen LogP contribution in [0.4, 0.5) is 5.69 Å². The fourth-order valence-corrected chi connectivity index (χ4v) is 3.25. The summed E-state index contributed by atoms with van der Waals surface area (Å²) < 4.78 is 0. The maximum atomic E-state index is 11.8. The third kappa shape index (κ3) is 3.14. The van der Waals surface area contributed by atoms with Crippen LogP contribution < -0.4 is 10.6 Å². The van der Waals surface area contributed by atoms with Gasteiger partial charge in [-0.2, -0.15) is 0 Å². The number of carbonyl (C=O) groups is 1. The molecule has 1 aliphatic rings. The van der Waals surface area contributed by atoms with Gasteiger partial charge in [-0.15, -0.1) is 0 Å². The molecule has 0 saturated heterocycles. The quantitative estimate of drug-likeness (QED) is 0.884. The predicted molar refractivity (Wildman–Crippen MR) is 84.2 cm³/mol. The smallest absolute Gasteiger partial charge is 0.251 e. The maximum Gasteiger partial charge on any atom is 0.251 e. The highest BCUT2D eigenvalue weighted by atomic mass is 16.1. The van der Waals surface area contributed by atoms with Crippen molar-refractivity contribution in [2.75, 3.05) is 12.4 Å². The minimum absolute atomic E-state index is 0.0172. The van der Waals surface area contributed by atoms with Gasteiger partial charge < -0.3 is 10.6 Å². The highest BCUT2D eigenvalue weighted by Crippen LogP contribution is 2.31. The first kappa shape index (κ1) is 14.9. The Bertz CT molecular complexity index is 484. The predicted octanol–water partition coefficient (Wildman–Crippen LogP) is 3.59. The number of hydrogen-bond acceptors (Lipinski definition) is 2. The summed E-state index contributed by atoms with van der Waals surface area (Å²) in [6.07, 6.45) is 3.79. The monoisotopic (exact) mass is 274 g/mol. The van der Waals surface area contributed by atoms with Gasteiger partial charge in [0.05, 0.1) is 0 Å². The number of benzene rings is 1. The molecule has 0 radical (unpaired) electrons. The van der Waals surface area contributed by atoms with E-state index in [-0.39, 0.29) is 5.91 Å². The van der Waals surface area contributed by atoms with Crippen molar-refractivity contribution < 1.29 is 4.79 Å². The number of hydrogen-bond donors (Lipinski definition) is 2. The molecule has 2 rings (SSSR count). The van der Waals surface area contributed by atoms with E-state index in [4.69, 9.17) is 0 Å². The van der Waals surface area contributed by atoms with Crippen molar-refractivity contribution in [3.05, 3.63) is 29.3 Å². The molecule has 0 heterocycles. The van der Waals surface area contributed by atoms with Crippen LogP contribution in [0.5, 0.6) is 0 Å². The van der Waals surface area contributed by atoms with E-state index >= 15 is 0 Å². The van der Waals surface area contributed by atoms with Gasteiger partial charge in [-0.05, 0) is 55.7 Å². The summed E-state index contributed by atoms with van der Waals surface area (Å²) in [5.41, 5.74) is 2.89. The molecule has 0 spiro atoms. The number of carbonyl (C=O) groups excluding carboxylic acids is 1. The van der Waals surface area contributed by atoms with E-state index in [9.17, 15) is 4.79 Å². The SMILES string of the molecule is CNC(=O)c1cccc(NC2CCC(C)CC2C)c1C. The van der Waals surface area contributed by atoms with Crippen LogP contribution in [0.25, 0.3) is 0 Å². The third-order valence-electron chi connectivity index (χ3n) is 4.58. The molecule has 1 aliphatic carbocycles. The maximum absolute atomic E-state index is 11.8. The zero-order valence-electron chi connectivity index (χ0n) is 13.0. The lowest BCUT2D eigenvalue weighted by Gasteiger charge is -2.34. The van der Waals surface area contributed by atoms with Crippen LogP contribution in [0.3, 0.4) is 0 Å². The van der Waals surface area contributed by atoms with Crippen LogP contribution in [-0.4, -0.2) is 19.0 Å². The molecular formula is C17H26N2O. The number of nitrogens with one attached hydrogen (secondary N) is 2. The van der Waals surface area contributed by atoms with Crippen LogP contribution in [0, 0.1) is 18.8 Å². The Balaban J connectivity index is 2.15. The van der Waals surface area contributed by atoms with Crippen LogP contribution in [0.1, 0.15) is 49.0 Å². The topological polar surface area (TPSA) is 41.1 Å². The van der Waals surface area contributed by atoms with E-state index in [0.29, 0.717) is 12.0 Å². The van der Waals surface area contributed by atoms with Crippen molar-refractivity contribution in [1.82, 2.24) is 5.32 Å². The summed E-state index contributed by atoms with van der Waals surface area (Å²) in [6.45, 7) is 6.68. The lowest BCUT2D eigenvalue weighted by Crippen LogP contribution is -2.33.